The first-order valence-electron chi connectivity index (χ1n) is 4.72. The molecule has 0 amide bonds. The van der Waals surface area contributed by atoms with Crippen LogP contribution in [0.2, 0.25) is 0 Å². The standard InChI is InChI=1S/C9H12N4/c10-6-8-9(12-13-11-8)7-4-2-1-3-5-7/h7H,1-5H2,(H,11,12,13). The van der Waals surface area contributed by atoms with Gasteiger partial charge in [0.1, 0.15) is 11.8 Å². The van der Waals surface area contributed by atoms with E-state index in [9.17, 15) is 0 Å². The maximum atomic E-state index is 8.77. The van der Waals surface area contributed by atoms with E-state index in [2.05, 4.69) is 21.5 Å². The van der Waals surface area contributed by atoms with E-state index in [0.29, 0.717) is 11.6 Å². The zero-order valence-corrected chi connectivity index (χ0v) is 7.45. The van der Waals surface area contributed by atoms with Gasteiger partial charge in [0.2, 0.25) is 0 Å². The van der Waals surface area contributed by atoms with Crippen molar-refractivity contribution in [3.05, 3.63) is 11.4 Å². The normalized spacial score (nSPS) is 18.4. The third-order valence-corrected chi connectivity index (χ3v) is 2.67. The molecule has 1 N–H and O–H groups in total. The number of hydrogen-bond donors (Lipinski definition) is 1. The minimum atomic E-state index is 0.460. The average Bonchev–Trinajstić information content (AvgIpc) is 2.67. The number of nitriles is 1. The zero-order chi connectivity index (χ0) is 9.10. The number of nitrogens with one attached hydrogen (secondary N) is 1. The summed E-state index contributed by atoms with van der Waals surface area (Å²) >= 11 is 0. The number of aromatic amines is 1. The molecule has 0 atom stereocenters. The highest BCUT2D eigenvalue weighted by atomic mass is 15.3. The van der Waals surface area contributed by atoms with Gasteiger partial charge in [-0.15, -0.1) is 5.10 Å². The van der Waals surface area contributed by atoms with Gasteiger partial charge in [0.25, 0.3) is 0 Å². The Morgan fingerprint density at radius 1 is 1.23 bits per heavy atom. The van der Waals surface area contributed by atoms with Crippen LogP contribution in [-0.4, -0.2) is 15.4 Å². The fourth-order valence-corrected chi connectivity index (χ4v) is 1.98. The minimum Gasteiger partial charge on any atom is -0.196 e. The summed E-state index contributed by atoms with van der Waals surface area (Å²) in [6.45, 7) is 0. The van der Waals surface area contributed by atoms with Crippen LogP contribution in [0.3, 0.4) is 0 Å². The predicted molar refractivity (Wildman–Crippen MR) is 46.9 cm³/mol. The van der Waals surface area contributed by atoms with Crippen molar-refractivity contribution >= 4 is 0 Å². The summed E-state index contributed by atoms with van der Waals surface area (Å²) in [6.07, 6.45) is 6.13. The Kier molecular flexibility index (Phi) is 2.26. The fraction of sp³-hybridized carbons (Fsp3) is 0.667. The van der Waals surface area contributed by atoms with Crippen molar-refractivity contribution in [1.29, 1.82) is 5.26 Å². The Balaban J connectivity index is 2.19. The second-order valence-electron chi connectivity index (χ2n) is 3.50. The molecule has 1 fully saturated rings. The summed E-state index contributed by atoms with van der Waals surface area (Å²) in [5.41, 5.74) is 1.36. The van der Waals surface area contributed by atoms with E-state index in [1.54, 1.807) is 0 Å². The number of hydrogen-bond acceptors (Lipinski definition) is 3. The van der Waals surface area contributed by atoms with E-state index in [0.717, 1.165) is 18.5 Å². The second-order valence-corrected chi connectivity index (χ2v) is 3.50. The Morgan fingerprint density at radius 3 is 2.69 bits per heavy atom. The van der Waals surface area contributed by atoms with Gasteiger partial charge in [0.05, 0.1) is 0 Å². The minimum absolute atomic E-state index is 0.460. The first-order chi connectivity index (χ1) is 6.42. The van der Waals surface area contributed by atoms with Gasteiger partial charge in [-0.25, -0.2) is 0 Å². The smallest absolute Gasteiger partial charge is 0.185 e. The molecule has 1 aromatic heterocycles. The molecular weight excluding hydrogens is 164 g/mol. The van der Waals surface area contributed by atoms with Gasteiger partial charge in [0, 0.05) is 5.92 Å². The van der Waals surface area contributed by atoms with Crippen molar-refractivity contribution in [2.45, 2.75) is 38.0 Å². The molecule has 68 valence electrons. The van der Waals surface area contributed by atoms with Crippen LogP contribution in [0.4, 0.5) is 0 Å². The number of nitrogens with zero attached hydrogens (tertiary/aromatic N) is 3. The SMILES string of the molecule is N#Cc1n[nH]nc1C1CCCCC1. The lowest BCUT2D eigenvalue weighted by atomic mass is 9.86. The molecular formula is C9H12N4. The summed E-state index contributed by atoms with van der Waals surface area (Å²) in [6, 6.07) is 2.07. The maximum absolute atomic E-state index is 8.77. The zero-order valence-electron chi connectivity index (χ0n) is 7.45. The average molecular weight is 176 g/mol. The molecule has 1 aliphatic carbocycles. The highest BCUT2D eigenvalue weighted by Crippen LogP contribution is 2.32. The van der Waals surface area contributed by atoms with E-state index in [-0.39, 0.29) is 0 Å². The summed E-state index contributed by atoms with van der Waals surface area (Å²) in [7, 11) is 0. The monoisotopic (exact) mass is 176 g/mol. The van der Waals surface area contributed by atoms with Gasteiger partial charge >= 0.3 is 0 Å². The molecule has 2 rings (SSSR count). The van der Waals surface area contributed by atoms with Crippen LogP contribution < -0.4 is 0 Å². The Bertz CT molecular complexity index is 317. The van der Waals surface area contributed by atoms with Crippen LogP contribution in [0, 0.1) is 11.3 Å². The van der Waals surface area contributed by atoms with E-state index in [4.69, 9.17) is 5.26 Å². The summed E-state index contributed by atoms with van der Waals surface area (Å²) in [4.78, 5) is 0. The van der Waals surface area contributed by atoms with E-state index in [1.807, 2.05) is 0 Å². The fourth-order valence-electron chi connectivity index (χ4n) is 1.98. The molecule has 0 saturated heterocycles. The molecule has 0 bridgehead atoms. The molecule has 1 aliphatic rings. The molecule has 1 aromatic rings. The predicted octanol–water partition coefficient (Wildman–Crippen LogP) is 1.72. The Morgan fingerprint density at radius 2 is 2.00 bits per heavy atom. The van der Waals surface area contributed by atoms with Gasteiger partial charge in [-0.1, -0.05) is 19.3 Å². The first-order valence-corrected chi connectivity index (χ1v) is 4.72. The number of rotatable bonds is 1. The highest BCUT2D eigenvalue weighted by Gasteiger charge is 2.21. The van der Waals surface area contributed by atoms with Crippen LogP contribution in [0.15, 0.2) is 0 Å². The molecule has 0 aliphatic heterocycles. The molecule has 4 nitrogen and oxygen atoms in total. The summed E-state index contributed by atoms with van der Waals surface area (Å²) < 4.78 is 0. The molecule has 4 heteroatoms. The number of aromatic nitrogens is 3. The van der Waals surface area contributed by atoms with Gasteiger partial charge in [0.15, 0.2) is 5.69 Å². The van der Waals surface area contributed by atoms with Crippen LogP contribution in [-0.2, 0) is 0 Å². The van der Waals surface area contributed by atoms with E-state index < -0.39 is 0 Å². The summed E-state index contributed by atoms with van der Waals surface area (Å²) in [5.74, 6) is 0.460. The maximum Gasteiger partial charge on any atom is 0.185 e. The third kappa shape index (κ3) is 1.55. The Hall–Kier alpha value is -1.37. The van der Waals surface area contributed by atoms with Crippen LogP contribution >= 0.6 is 0 Å². The summed E-state index contributed by atoms with van der Waals surface area (Å²) in [5, 5.41) is 19.2. The molecule has 1 heterocycles. The lowest BCUT2D eigenvalue weighted by Crippen LogP contribution is -2.06. The van der Waals surface area contributed by atoms with Gasteiger partial charge in [-0.3, -0.25) is 0 Å². The van der Waals surface area contributed by atoms with Crippen molar-refractivity contribution in [3.63, 3.8) is 0 Å². The lowest BCUT2D eigenvalue weighted by Gasteiger charge is -2.18. The number of H-pyrrole nitrogens is 1. The molecule has 0 spiro atoms. The molecule has 0 aromatic carbocycles. The van der Waals surface area contributed by atoms with Crippen molar-refractivity contribution in [2.75, 3.05) is 0 Å². The first kappa shape index (κ1) is 8.24. The van der Waals surface area contributed by atoms with Crippen molar-refractivity contribution in [1.82, 2.24) is 15.4 Å². The second kappa shape index (κ2) is 3.56. The van der Waals surface area contributed by atoms with Crippen LogP contribution in [0.1, 0.15) is 49.4 Å². The highest BCUT2D eigenvalue weighted by molar-refractivity contribution is 5.26. The van der Waals surface area contributed by atoms with Crippen LogP contribution in [0.25, 0.3) is 0 Å². The molecule has 13 heavy (non-hydrogen) atoms. The molecule has 1 saturated carbocycles. The third-order valence-electron chi connectivity index (χ3n) is 2.67. The van der Waals surface area contributed by atoms with Crippen molar-refractivity contribution in [2.24, 2.45) is 0 Å². The topological polar surface area (TPSA) is 65.4 Å². The van der Waals surface area contributed by atoms with Gasteiger partial charge in [-0.2, -0.15) is 15.6 Å². The largest absolute Gasteiger partial charge is 0.196 e. The quantitative estimate of drug-likeness (QED) is 0.708. The lowest BCUT2D eigenvalue weighted by molar-refractivity contribution is 0.436. The van der Waals surface area contributed by atoms with Crippen molar-refractivity contribution < 1.29 is 0 Å². The Labute approximate surface area is 77.0 Å². The van der Waals surface area contributed by atoms with Crippen molar-refractivity contribution in [3.8, 4) is 6.07 Å². The van der Waals surface area contributed by atoms with Gasteiger partial charge < -0.3 is 0 Å². The van der Waals surface area contributed by atoms with E-state index in [1.165, 1.54) is 19.3 Å². The molecule has 0 radical (unpaired) electrons. The van der Waals surface area contributed by atoms with E-state index >= 15 is 0 Å². The van der Waals surface area contributed by atoms with Gasteiger partial charge in [-0.05, 0) is 12.8 Å². The molecule has 0 unspecified atom stereocenters. The van der Waals surface area contributed by atoms with Crippen LogP contribution in [0.5, 0.6) is 0 Å².